The Bertz CT molecular complexity index is 925. The van der Waals surface area contributed by atoms with Gasteiger partial charge in [0.1, 0.15) is 0 Å². The van der Waals surface area contributed by atoms with E-state index in [9.17, 15) is 4.79 Å². The molecule has 4 heterocycles. The van der Waals surface area contributed by atoms with Gasteiger partial charge in [-0.2, -0.15) is 10.2 Å². The fraction of sp³-hybridized carbons (Fsp3) is 0.300. The second-order valence-electron chi connectivity index (χ2n) is 6.67. The Hall–Kier alpha value is -3.06. The molecular weight excluding hydrogens is 342 g/mol. The van der Waals surface area contributed by atoms with Crippen molar-refractivity contribution >= 4 is 5.91 Å². The van der Waals surface area contributed by atoms with Crippen molar-refractivity contribution in [2.75, 3.05) is 6.54 Å². The minimum absolute atomic E-state index is 0.0677. The van der Waals surface area contributed by atoms with Gasteiger partial charge in [0.25, 0.3) is 5.91 Å². The van der Waals surface area contributed by atoms with E-state index in [0.29, 0.717) is 31.8 Å². The predicted molar refractivity (Wildman–Crippen MR) is 98.8 cm³/mol. The summed E-state index contributed by atoms with van der Waals surface area (Å²) in [6.07, 6.45) is 4.93. The van der Waals surface area contributed by atoms with Crippen LogP contribution in [-0.2, 0) is 24.4 Å². The van der Waals surface area contributed by atoms with Crippen LogP contribution in [-0.4, -0.2) is 43.2 Å². The SMILES string of the molecule is Cc1cccc(CO[C@H]2CN(C(=O)c3ccnnc3)Cc3cccn3C2)n1. The highest BCUT2D eigenvalue weighted by Crippen LogP contribution is 2.18. The Labute approximate surface area is 157 Å². The highest BCUT2D eigenvalue weighted by atomic mass is 16.5. The molecule has 27 heavy (non-hydrogen) atoms. The predicted octanol–water partition coefficient (Wildman–Crippen LogP) is 2.22. The van der Waals surface area contributed by atoms with Crippen molar-refractivity contribution in [3.63, 3.8) is 0 Å². The molecule has 7 nitrogen and oxygen atoms in total. The van der Waals surface area contributed by atoms with E-state index >= 15 is 0 Å². The van der Waals surface area contributed by atoms with E-state index in [4.69, 9.17) is 4.74 Å². The molecule has 1 amide bonds. The van der Waals surface area contributed by atoms with Crippen molar-refractivity contribution < 1.29 is 9.53 Å². The summed E-state index contributed by atoms with van der Waals surface area (Å²) in [7, 11) is 0. The lowest BCUT2D eigenvalue weighted by atomic mass is 10.2. The molecule has 0 saturated carbocycles. The number of hydrogen-bond acceptors (Lipinski definition) is 5. The van der Waals surface area contributed by atoms with Gasteiger partial charge in [-0.15, -0.1) is 0 Å². The highest BCUT2D eigenvalue weighted by Gasteiger charge is 2.26. The number of carbonyl (C=O) groups is 1. The third kappa shape index (κ3) is 4.03. The number of aromatic nitrogens is 4. The molecular formula is C20H21N5O2. The largest absolute Gasteiger partial charge is 0.368 e. The molecule has 3 aromatic rings. The van der Waals surface area contributed by atoms with Crippen LogP contribution in [0.3, 0.4) is 0 Å². The summed E-state index contributed by atoms with van der Waals surface area (Å²) in [5.41, 5.74) is 3.48. The zero-order valence-corrected chi connectivity index (χ0v) is 15.2. The van der Waals surface area contributed by atoms with Crippen LogP contribution in [0.2, 0.25) is 0 Å². The number of fused-ring (bicyclic) bond motifs is 1. The molecule has 0 aromatic carbocycles. The summed E-state index contributed by atoms with van der Waals surface area (Å²) >= 11 is 0. The summed E-state index contributed by atoms with van der Waals surface area (Å²) in [6.45, 7) is 4.13. The van der Waals surface area contributed by atoms with Crippen molar-refractivity contribution in [2.24, 2.45) is 0 Å². The van der Waals surface area contributed by atoms with Crippen LogP contribution in [0.5, 0.6) is 0 Å². The zero-order valence-electron chi connectivity index (χ0n) is 15.2. The van der Waals surface area contributed by atoms with Gasteiger partial charge in [-0.1, -0.05) is 6.07 Å². The fourth-order valence-electron chi connectivity index (χ4n) is 3.30. The van der Waals surface area contributed by atoms with Crippen LogP contribution < -0.4 is 0 Å². The van der Waals surface area contributed by atoms with Gasteiger partial charge in [0.15, 0.2) is 0 Å². The first kappa shape index (κ1) is 17.4. The van der Waals surface area contributed by atoms with Gasteiger partial charge < -0.3 is 14.2 Å². The Kier molecular flexibility index (Phi) is 4.93. The van der Waals surface area contributed by atoms with Gasteiger partial charge in [-0.25, -0.2) is 0 Å². The number of carbonyl (C=O) groups excluding carboxylic acids is 1. The van der Waals surface area contributed by atoms with Crippen LogP contribution in [0.4, 0.5) is 0 Å². The molecule has 0 saturated heterocycles. The summed E-state index contributed by atoms with van der Waals surface area (Å²) in [5, 5.41) is 7.57. The number of amides is 1. The average molecular weight is 363 g/mol. The molecule has 7 heteroatoms. The number of hydrogen-bond donors (Lipinski definition) is 0. The quantitative estimate of drug-likeness (QED) is 0.711. The van der Waals surface area contributed by atoms with Gasteiger partial charge in [-0.05, 0) is 37.3 Å². The van der Waals surface area contributed by atoms with E-state index in [-0.39, 0.29) is 12.0 Å². The molecule has 0 radical (unpaired) electrons. The fourth-order valence-corrected chi connectivity index (χ4v) is 3.30. The smallest absolute Gasteiger partial charge is 0.255 e. The molecule has 3 aromatic heterocycles. The van der Waals surface area contributed by atoms with Gasteiger partial charge in [-0.3, -0.25) is 9.78 Å². The Morgan fingerprint density at radius 2 is 2.11 bits per heavy atom. The molecule has 0 bridgehead atoms. The lowest BCUT2D eigenvalue weighted by Crippen LogP contribution is -2.37. The van der Waals surface area contributed by atoms with Gasteiger partial charge >= 0.3 is 0 Å². The maximum absolute atomic E-state index is 12.9. The lowest BCUT2D eigenvalue weighted by Gasteiger charge is -2.24. The second kappa shape index (κ2) is 7.67. The number of rotatable bonds is 4. The van der Waals surface area contributed by atoms with Crippen molar-refractivity contribution in [3.05, 3.63) is 77.6 Å². The molecule has 1 atom stereocenters. The van der Waals surface area contributed by atoms with E-state index in [2.05, 4.69) is 19.7 Å². The molecule has 4 rings (SSSR count). The van der Waals surface area contributed by atoms with Crippen LogP contribution in [0.15, 0.2) is 55.0 Å². The van der Waals surface area contributed by atoms with Crippen molar-refractivity contribution in [2.45, 2.75) is 32.7 Å². The van der Waals surface area contributed by atoms with Crippen LogP contribution in [0.25, 0.3) is 0 Å². The highest BCUT2D eigenvalue weighted by molar-refractivity contribution is 5.93. The molecule has 0 unspecified atom stereocenters. The molecule has 1 aliphatic rings. The molecule has 0 spiro atoms. The van der Waals surface area contributed by atoms with E-state index in [1.807, 2.05) is 48.4 Å². The van der Waals surface area contributed by atoms with Crippen molar-refractivity contribution in [3.8, 4) is 0 Å². The molecule has 0 fully saturated rings. The van der Waals surface area contributed by atoms with Crippen LogP contribution >= 0.6 is 0 Å². The average Bonchev–Trinajstić information content (AvgIpc) is 3.04. The normalized spacial score (nSPS) is 16.6. The minimum atomic E-state index is -0.125. The Morgan fingerprint density at radius 1 is 1.19 bits per heavy atom. The number of ether oxygens (including phenoxy) is 1. The first-order valence-corrected chi connectivity index (χ1v) is 8.93. The maximum Gasteiger partial charge on any atom is 0.255 e. The third-order valence-corrected chi connectivity index (χ3v) is 4.63. The third-order valence-electron chi connectivity index (χ3n) is 4.63. The summed E-state index contributed by atoms with van der Waals surface area (Å²) in [6, 6.07) is 11.6. The maximum atomic E-state index is 12.9. The number of nitrogens with zero attached hydrogens (tertiary/aromatic N) is 5. The monoisotopic (exact) mass is 363 g/mol. The Balaban J connectivity index is 1.52. The number of pyridine rings is 1. The first-order chi connectivity index (χ1) is 13.2. The summed E-state index contributed by atoms with van der Waals surface area (Å²) in [4.78, 5) is 19.2. The lowest BCUT2D eigenvalue weighted by molar-refractivity contribution is 0.00918. The topological polar surface area (TPSA) is 73.1 Å². The number of aryl methyl sites for hydroxylation is 1. The van der Waals surface area contributed by atoms with Gasteiger partial charge in [0.2, 0.25) is 0 Å². The van der Waals surface area contributed by atoms with E-state index in [1.54, 1.807) is 6.07 Å². The molecule has 0 aliphatic carbocycles. The molecule has 138 valence electrons. The second-order valence-corrected chi connectivity index (χ2v) is 6.67. The van der Waals surface area contributed by atoms with Crippen molar-refractivity contribution in [1.82, 2.24) is 24.6 Å². The van der Waals surface area contributed by atoms with E-state index in [0.717, 1.165) is 17.1 Å². The van der Waals surface area contributed by atoms with Crippen LogP contribution in [0.1, 0.15) is 27.4 Å². The van der Waals surface area contributed by atoms with E-state index < -0.39 is 0 Å². The zero-order chi connectivity index (χ0) is 18.6. The van der Waals surface area contributed by atoms with Gasteiger partial charge in [0.05, 0.1) is 49.5 Å². The van der Waals surface area contributed by atoms with Gasteiger partial charge in [0, 0.05) is 24.1 Å². The summed E-state index contributed by atoms with van der Waals surface area (Å²) < 4.78 is 8.29. The van der Waals surface area contributed by atoms with Crippen LogP contribution in [0, 0.1) is 6.92 Å². The molecule has 0 N–H and O–H groups in total. The minimum Gasteiger partial charge on any atom is -0.368 e. The first-order valence-electron chi connectivity index (χ1n) is 8.93. The Morgan fingerprint density at radius 3 is 2.93 bits per heavy atom. The summed E-state index contributed by atoms with van der Waals surface area (Å²) in [5.74, 6) is -0.0677. The molecule has 1 aliphatic heterocycles. The standard InChI is InChI=1S/C20H21N5O2/c1-15-4-2-5-17(23-15)14-27-19-12-24-9-3-6-18(24)11-25(13-19)20(26)16-7-8-21-22-10-16/h2-10,19H,11-14H2,1H3/t19-/m1/s1. The van der Waals surface area contributed by atoms with E-state index in [1.165, 1.54) is 12.4 Å². The van der Waals surface area contributed by atoms with Crippen molar-refractivity contribution in [1.29, 1.82) is 0 Å².